The molecule has 5 nitrogen and oxygen atoms in total. The number of hydrogen-bond acceptors (Lipinski definition) is 3. The van der Waals surface area contributed by atoms with E-state index in [0.717, 1.165) is 11.3 Å². The quantitative estimate of drug-likeness (QED) is 0.358. The molecule has 3 aromatic rings. The maximum Gasteiger partial charge on any atom is 0.406 e. The highest BCUT2D eigenvalue weighted by molar-refractivity contribution is 9.10. The molecule has 0 spiro atoms. The fraction of sp³-hybridized carbons (Fsp3) is 0.444. The molecule has 0 bridgehead atoms. The van der Waals surface area contributed by atoms with Crippen LogP contribution in [0.25, 0.3) is 22.0 Å². The molecule has 0 saturated heterocycles. The smallest absolute Gasteiger partial charge is 0.358 e. The van der Waals surface area contributed by atoms with Crippen LogP contribution < -0.4 is 0 Å². The Balaban J connectivity index is 1.83. The first-order valence-electron chi connectivity index (χ1n) is 8.49. The summed E-state index contributed by atoms with van der Waals surface area (Å²) in [7, 11) is -0.617. The van der Waals surface area contributed by atoms with E-state index in [-0.39, 0.29) is 0 Å². The zero-order chi connectivity index (χ0) is 20.5. The predicted octanol–water partition coefficient (Wildman–Crippen LogP) is 4.89. The van der Waals surface area contributed by atoms with Crippen LogP contribution in [0.5, 0.6) is 0 Å². The van der Waals surface area contributed by atoms with E-state index in [1.165, 1.54) is 17.0 Å². The van der Waals surface area contributed by atoms with Crippen LogP contribution in [0.1, 0.15) is 0 Å². The Morgan fingerprint density at radius 1 is 1.18 bits per heavy atom. The summed E-state index contributed by atoms with van der Waals surface area (Å²) in [5, 5.41) is 4.96. The number of halogens is 4. The molecule has 3 aromatic heterocycles. The Labute approximate surface area is 171 Å². The first kappa shape index (κ1) is 21.2. The normalized spacial score (nSPS) is 13.4. The lowest BCUT2D eigenvalue weighted by Gasteiger charge is -2.24. The summed E-state index contributed by atoms with van der Waals surface area (Å²) < 4.78 is 47.9. The number of nitrogens with zero attached hydrogens (tertiary/aromatic N) is 4. The average molecular weight is 479 g/mol. The minimum atomic E-state index is -4.32. The predicted molar refractivity (Wildman–Crippen MR) is 111 cm³/mol. The number of ether oxygens (including phenoxy) is 1. The lowest BCUT2D eigenvalue weighted by molar-refractivity contribution is -0.139. The van der Waals surface area contributed by atoms with Gasteiger partial charge in [0.05, 0.1) is 24.5 Å². The summed E-state index contributed by atoms with van der Waals surface area (Å²) in [6.45, 7) is -0.112. The van der Waals surface area contributed by atoms with Gasteiger partial charge in [-0.25, -0.2) is 19.7 Å². The van der Waals surface area contributed by atoms with Gasteiger partial charge >= 0.3 is 6.18 Å². The van der Waals surface area contributed by atoms with E-state index < -0.39 is 22.7 Å². The monoisotopic (exact) mass is 478 g/mol. The SMILES string of the molecule is CS(C)(C)CCOCn1cc(-c2cn(CC(F)(F)F)c3cnc(Br)cc23)cn1. The Bertz CT molecular complexity index is 962. The third-order valence-corrected chi connectivity index (χ3v) is 5.92. The Kier molecular flexibility index (Phi) is 6.11. The van der Waals surface area contributed by atoms with Crippen molar-refractivity contribution in [1.29, 1.82) is 0 Å². The molecule has 154 valence electrons. The van der Waals surface area contributed by atoms with Crippen LogP contribution in [0.2, 0.25) is 0 Å². The van der Waals surface area contributed by atoms with Crippen LogP contribution in [0.3, 0.4) is 0 Å². The largest absolute Gasteiger partial charge is 0.406 e. The van der Waals surface area contributed by atoms with Gasteiger partial charge in [0.1, 0.15) is 17.9 Å². The highest BCUT2D eigenvalue weighted by Crippen LogP contribution is 2.34. The van der Waals surface area contributed by atoms with Crippen molar-refractivity contribution in [3.63, 3.8) is 0 Å². The van der Waals surface area contributed by atoms with Crippen molar-refractivity contribution >= 4 is 36.9 Å². The van der Waals surface area contributed by atoms with Gasteiger partial charge in [0.15, 0.2) is 0 Å². The summed E-state index contributed by atoms with van der Waals surface area (Å²) in [4.78, 5) is 4.07. The Morgan fingerprint density at radius 2 is 1.93 bits per heavy atom. The first-order valence-corrected chi connectivity index (χ1v) is 12.3. The standard InChI is InChI=1S/C18H22BrF3N4OS/c1-28(2,3)5-4-27-12-26-9-13(7-24-26)15-10-25(11-18(20,21)22)16-8-23-17(19)6-14(15)16/h6-10H,4-5,11-12H2,1-3H3. The summed E-state index contributed by atoms with van der Waals surface area (Å²) in [5.74, 6) is 1.01. The van der Waals surface area contributed by atoms with Crippen LogP contribution in [0.15, 0.2) is 35.5 Å². The van der Waals surface area contributed by atoms with E-state index in [1.54, 1.807) is 23.1 Å². The highest BCUT2D eigenvalue weighted by Gasteiger charge is 2.29. The molecule has 3 heterocycles. The van der Waals surface area contributed by atoms with Crippen molar-refractivity contribution in [1.82, 2.24) is 19.3 Å². The number of aromatic nitrogens is 4. The minimum absolute atomic E-state index is 0.308. The Hall–Kier alpha value is -1.52. The van der Waals surface area contributed by atoms with Crippen molar-refractivity contribution in [3.8, 4) is 11.1 Å². The van der Waals surface area contributed by atoms with Crippen molar-refractivity contribution in [2.75, 3.05) is 31.1 Å². The van der Waals surface area contributed by atoms with Crippen molar-refractivity contribution in [3.05, 3.63) is 35.5 Å². The fourth-order valence-electron chi connectivity index (χ4n) is 2.76. The number of hydrogen-bond donors (Lipinski definition) is 0. The number of alkyl halides is 3. The second-order valence-corrected chi connectivity index (χ2v) is 12.8. The third kappa shape index (κ3) is 5.51. The second kappa shape index (κ2) is 8.08. The molecule has 10 heteroatoms. The van der Waals surface area contributed by atoms with Crippen molar-refractivity contribution in [2.24, 2.45) is 0 Å². The minimum Gasteiger partial charge on any atom is -0.358 e. The number of rotatable bonds is 7. The number of pyridine rings is 1. The summed E-state index contributed by atoms with van der Waals surface area (Å²) in [6.07, 6.45) is 8.73. The molecule has 0 N–H and O–H groups in total. The molecule has 0 aromatic carbocycles. The van der Waals surface area contributed by atoms with E-state index in [9.17, 15) is 13.2 Å². The molecular formula is C18H22BrF3N4OS. The fourth-order valence-corrected chi connectivity index (χ4v) is 3.71. The molecule has 28 heavy (non-hydrogen) atoms. The van der Waals surface area contributed by atoms with Gasteiger partial charge in [-0.3, -0.25) is 0 Å². The lowest BCUT2D eigenvalue weighted by Crippen LogP contribution is -2.16. The second-order valence-electron chi connectivity index (χ2n) is 7.41. The van der Waals surface area contributed by atoms with Gasteiger partial charge in [-0.2, -0.15) is 18.3 Å². The van der Waals surface area contributed by atoms with Crippen LogP contribution in [-0.4, -0.2) is 56.6 Å². The van der Waals surface area contributed by atoms with Crippen molar-refractivity contribution in [2.45, 2.75) is 19.5 Å². The molecular weight excluding hydrogens is 457 g/mol. The van der Waals surface area contributed by atoms with E-state index >= 15 is 0 Å². The lowest BCUT2D eigenvalue weighted by atomic mass is 10.1. The summed E-state index contributed by atoms with van der Waals surface area (Å²) in [6, 6.07) is 1.72. The molecule has 3 rings (SSSR count). The van der Waals surface area contributed by atoms with Gasteiger partial charge in [0.25, 0.3) is 0 Å². The molecule has 0 fully saturated rings. The first-order chi connectivity index (χ1) is 13.0. The molecule has 0 aliphatic heterocycles. The van der Waals surface area contributed by atoms with Gasteiger partial charge in [-0.05, 0) is 40.8 Å². The summed E-state index contributed by atoms with van der Waals surface area (Å²) >= 11 is 3.29. The van der Waals surface area contributed by atoms with E-state index in [2.05, 4.69) is 44.8 Å². The van der Waals surface area contributed by atoms with Gasteiger partial charge in [-0.1, -0.05) is 0 Å². The Morgan fingerprint density at radius 3 is 2.61 bits per heavy atom. The van der Waals surface area contributed by atoms with Crippen LogP contribution >= 0.6 is 26.0 Å². The average Bonchev–Trinajstić information content (AvgIpc) is 3.14. The molecule has 0 aliphatic rings. The van der Waals surface area contributed by atoms with Crippen molar-refractivity contribution < 1.29 is 17.9 Å². The summed E-state index contributed by atoms with van der Waals surface area (Å²) in [5.41, 5.74) is 1.83. The van der Waals surface area contributed by atoms with Gasteiger partial charge in [-0.15, -0.1) is 0 Å². The maximum atomic E-state index is 12.9. The van der Waals surface area contributed by atoms with E-state index in [0.29, 0.717) is 34.4 Å². The van der Waals surface area contributed by atoms with Crippen LogP contribution in [0.4, 0.5) is 13.2 Å². The van der Waals surface area contributed by atoms with Crippen LogP contribution in [-0.2, 0) is 18.0 Å². The number of fused-ring (bicyclic) bond motifs is 1. The molecule has 0 saturated carbocycles. The molecule has 0 atom stereocenters. The molecule has 0 amide bonds. The van der Waals surface area contributed by atoms with E-state index in [1.807, 2.05) is 0 Å². The molecule has 0 unspecified atom stereocenters. The zero-order valence-electron chi connectivity index (χ0n) is 15.8. The van der Waals surface area contributed by atoms with Gasteiger partial charge < -0.3 is 9.30 Å². The van der Waals surface area contributed by atoms with Gasteiger partial charge in [0, 0.05) is 34.7 Å². The highest BCUT2D eigenvalue weighted by atomic mass is 79.9. The van der Waals surface area contributed by atoms with Gasteiger partial charge in [0.2, 0.25) is 0 Å². The zero-order valence-corrected chi connectivity index (χ0v) is 18.2. The molecule has 0 radical (unpaired) electrons. The maximum absolute atomic E-state index is 12.9. The van der Waals surface area contributed by atoms with Crippen LogP contribution in [0, 0.1) is 0 Å². The third-order valence-electron chi connectivity index (χ3n) is 4.09. The molecule has 0 aliphatic carbocycles. The van der Waals surface area contributed by atoms with E-state index in [4.69, 9.17) is 4.74 Å². The topological polar surface area (TPSA) is 44.9 Å².